The lowest BCUT2D eigenvalue weighted by atomic mass is 9.54. The summed E-state index contributed by atoms with van der Waals surface area (Å²) in [7, 11) is 0. The molecule has 2 fully saturated rings. The van der Waals surface area contributed by atoms with Gasteiger partial charge in [0.05, 0.1) is 13.2 Å². The van der Waals surface area contributed by atoms with Crippen molar-refractivity contribution >= 4 is 0 Å². The van der Waals surface area contributed by atoms with E-state index in [1.54, 1.807) is 0 Å². The minimum atomic E-state index is -0.104. The Balaban J connectivity index is 2.50. The van der Waals surface area contributed by atoms with Crippen molar-refractivity contribution < 1.29 is 4.74 Å². The molecule has 2 bridgehead atoms. The summed E-state index contributed by atoms with van der Waals surface area (Å²) in [6.45, 7) is 17.3. The van der Waals surface area contributed by atoms with Crippen LogP contribution in [0.3, 0.4) is 0 Å². The van der Waals surface area contributed by atoms with Gasteiger partial charge in [0.2, 0.25) is 0 Å². The van der Waals surface area contributed by atoms with E-state index in [-0.39, 0.29) is 22.9 Å². The second-order valence-corrected chi connectivity index (χ2v) is 8.24. The fourth-order valence-electron chi connectivity index (χ4n) is 5.38. The molecule has 3 heteroatoms. The van der Waals surface area contributed by atoms with Crippen molar-refractivity contribution in [2.24, 2.45) is 34.1 Å². The first-order chi connectivity index (χ1) is 12.0. The van der Waals surface area contributed by atoms with Gasteiger partial charge in [0, 0.05) is 22.9 Å². The fourth-order valence-corrected chi connectivity index (χ4v) is 5.38. The van der Waals surface area contributed by atoms with Gasteiger partial charge in [-0.2, -0.15) is 0 Å². The first-order valence-electron chi connectivity index (χ1n) is 9.51. The van der Waals surface area contributed by atoms with Crippen LogP contribution in [0.5, 0.6) is 0 Å². The summed E-state index contributed by atoms with van der Waals surface area (Å²) in [5.41, 5.74) is 13.6. The molecule has 1 heterocycles. The molecule has 0 amide bonds. The molecule has 2 aliphatic rings. The fraction of sp³-hybridized carbons (Fsp3) is 0.636. The Morgan fingerprint density at radius 2 is 1.24 bits per heavy atom. The van der Waals surface area contributed by atoms with E-state index in [4.69, 9.17) is 16.2 Å². The summed E-state index contributed by atoms with van der Waals surface area (Å²) in [4.78, 5) is 0. The quantitative estimate of drug-likeness (QED) is 0.655. The van der Waals surface area contributed by atoms with Gasteiger partial charge in [0.1, 0.15) is 0 Å². The number of hydrogen-bond acceptors (Lipinski definition) is 3. The van der Waals surface area contributed by atoms with Gasteiger partial charge in [-0.3, -0.25) is 0 Å². The summed E-state index contributed by atoms with van der Waals surface area (Å²) < 4.78 is 6.17. The molecular formula is C22H36N2O. The van der Waals surface area contributed by atoms with Crippen LogP contribution in [-0.2, 0) is 4.74 Å². The highest BCUT2D eigenvalue weighted by atomic mass is 16.5. The minimum absolute atomic E-state index is 0.0527. The lowest BCUT2D eigenvalue weighted by Crippen LogP contribution is -2.64. The van der Waals surface area contributed by atoms with Gasteiger partial charge >= 0.3 is 0 Å². The van der Waals surface area contributed by atoms with Gasteiger partial charge in [-0.1, -0.05) is 24.3 Å². The minimum Gasteiger partial charge on any atom is -0.380 e. The zero-order valence-electron chi connectivity index (χ0n) is 15.7. The zero-order valence-corrected chi connectivity index (χ0v) is 15.7. The van der Waals surface area contributed by atoms with Crippen molar-refractivity contribution in [2.75, 3.05) is 13.2 Å². The van der Waals surface area contributed by atoms with Crippen molar-refractivity contribution in [3.8, 4) is 0 Å². The Hall–Kier alpha value is -1.16. The lowest BCUT2D eigenvalue weighted by Gasteiger charge is -2.57. The number of rotatable bonds is 8. The average molecular weight is 345 g/mol. The van der Waals surface area contributed by atoms with E-state index in [9.17, 15) is 0 Å². The molecule has 4 unspecified atom stereocenters. The van der Waals surface area contributed by atoms with E-state index < -0.39 is 0 Å². The van der Waals surface area contributed by atoms with Gasteiger partial charge in [0.25, 0.3) is 0 Å². The molecule has 0 aromatic carbocycles. The van der Waals surface area contributed by atoms with E-state index in [1.807, 2.05) is 24.3 Å². The van der Waals surface area contributed by atoms with E-state index in [0.29, 0.717) is 25.0 Å². The van der Waals surface area contributed by atoms with E-state index in [1.165, 1.54) is 0 Å². The third-order valence-electron chi connectivity index (χ3n) is 6.57. The highest BCUT2D eigenvalue weighted by molar-refractivity contribution is 5.12. The Labute approximate surface area is 153 Å². The summed E-state index contributed by atoms with van der Waals surface area (Å²) in [6, 6.07) is 0.173. The maximum absolute atomic E-state index is 6.99. The predicted octanol–water partition coefficient (Wildman–Crippen LogP) is 3.97. The maximum atomic E-state index is 6.99. The van der Waals surface area contributed by atoms with Gasteiger partial charge in [-0.15, -0.1) is 26.3 Å². The molecule has 25 heavy (non-hydrogen) atoms. The normalized spacial score (nSPS) is 41.2. The molecule has 3 nitrogen and oxygen atoms in total. The van der Waals surface area contributed by atoms with Crippen LogP contribution < -0.4 is 11.5 Å². The first kappa shape index (κ1) is 20.2. The average Bonchev–Trinajstić information content (AvgIpc) is 2.58. The van der Waals surface area contributed by atoms with Gasteiger partial charge in [-0.05, 0) is 50.4 Å². The van der Waals surface area contributed by atoms with Crippen molar-refractivity contribution in [1.29, 1.82) is 0 Å². The Bertz CT molecular complexity index is 460. The topological polar surface area (TPSA) is 61.3 Å². The van der Waals surface area contributed by atoms with Crippen LogP contribution in [0.4, 0.5) is 0 Å². The smallest absolute Gasteiger partial charge is 0.0540 e. The number of ether oxygens (including phenoxy) is 1. The predicted molar refractivity (Wildman–Crippen MR) is 107 cm³/mol. The molecule has 4 atom stereocenters. The molecule has 1 aliphatic heterocycles. The Kier molecular flexibility index (Phi) is 6.84. The number of nitrogens with two attached hydrogens (primary N) is 2. The Morgan fingerprint density at radius 1 is 0.800 bits per heavy atom. The summed E-state index contributed by atoms with van der Waals surface area (Å²) >= 11 is 0. The number of hydrogen-bond donors (Lipinski definition) is 2. The third kappa shape index (κ3) is 3.84. The summed E-state index contributed by atoms with van der Waals surface area (Å²) in [5.74, 6) is 0.716. The summed E-state index contributed by atoms with van der Waals surface area (Å²) in [6.07, 6.45) is 13.4. The SMILES string of the molecule is C=CCC1CC2(CC=C)COCC(CC=C)(CC(CC=C)C1N)C2N. The number of allylic oxidation sites excluding steroid dienone is 4. The molecule has 0 radical (unpaired) electrons. The van der Waals surface area contributed by atoms with Gasteiger partial charge in [-0.25, -0.2) is 0 Å². The highest BCUT2D eigenvalue weighted by Crippen LogP contribution is 2.53. The molecule has 1 aliphatic carbocycles. The first-order valence-corrected chi connectivity index (χ1v) is 9.51. The van der Waals surface area contributed by atoms with Gasteiger partial charge < -0.3 is 16.2 Å². The van der Waals surface area contributed by atoms with E-state index in [2.05, 4.69) is 26.3 Å². The largest absolute Gasteiger partial charge is 0.380 e. The molecule has 1 saturated heterocycles. The Morgan fingerprint density at radius 3 is 1.60 bits per heavy atom. The van der Waals surface area contributed by atoms with Crippen LogP contribution in [0.15, 0.2) is 50.6 Å². The van der Waals surface area contributed by atoms with Crippen LogP contribution in [0.1, 0.15) is 38.5 Å². The van der Waals surface area contributed by atoms with Crippen molar-refractivity contribution in [3.05, 3.63) is 50.6 Å². The zero-order chi connectivity index (χ0) is 18.5. The third-order valence-corrected chi connectivity index (χ3v) is 6.57. The molecule has 0 spiro atoms. The lowest BCUT2D eigenvalue weighted by molar-refractivity contribution is -0.135. The van der Waals surface area contributed by atoms with Crippen LogP contribution in [0, 0.1) is 22.7 Å². The van der Waals surface area contributed by atoms with Crippen molar-refractivity contribution in [2.45, 2.75) is 50.6 Å². The standard InChI is InChI=1S/C22H36N2O/c1-5-9-17-13-21(11-7-3)15-25-16-22(12-8-4,20(21)24)14-18(10-6-2)19(17)23/h5-8,17-20H,1-4,9-16,23-24H2. The monoisotopic (exact) mass is 344 g/mol. The highest BCUT2D eigenvalue weighted by Gasteiger charge is 2.55. The second-order valence-electron chi connectivity index (χ2n) is 8.24. The van der Waals surface area contributed by atoms with Crippen molar-refractivity contribution in [3.63, 3.8) is 0 Å². The van der Waals surface area contributed by atoms with Crippen LogP contribution in [0.2, 0.25) is 0 Å². The van der Waals surface area contributed by atoms with Crippen molar-refractivity contribution in [1.82, 2.24) is 0 Å². The molecule has 0 aromatic rings. The number of fused-ring (bicyclic) bond motifs is 2. The molecular weight excluding hydrogens is 308 g/mol. The summed E-state index contributed by atoms with van der Waals surface area (Å²) in [5, 5.41) is 0. The van der Waals surface area contributed by atoms with Gasteiger partial charge in [0.15, 0.2) is 0 Å². The van der Waals surface area contributed by atoms with Crippen LogP contribution in [-0.4, -0.2) is 25.3 Å². The molecule has 1 saturated carbocycles. The van der Waals surface area contributed by atoms with E-state index >= 15 is 0 Å². The molecule has 0 aromatic heterocycles. The molecule has 140 valence electrons. The molecule has 4 N–H and O–H groups in total. The molecule has 2 rings (SSSR count). The van der Waals surface area contributed by atoms with Crippen LogP contribution >= 0.6 is 0 Å². The van der Waals surface area contributed by atoms with Crippen LogP contribution in [0.25, 0.3) is 0 Å². The maximum Gasteiger partial charge on any atom is 0.0540 e. The second kappa shape index (κ2) is 8.48. The van der Waals surface area contributed by atoms with E-state index in [0.717, 1.165) is 38.5 Å².